The molecule has 0 N–H and O–H groups in total. The Morgan fingerprint density at radius 3 is 2.21 bits per heavy atom. The van der Waals surface area contributed by atoms with Crippen molar-refractivity contribution in [1.29, 1.82) is 0 Å². The quantitative estimate of drug-likeness (QED) is 0.535. The maximum atomic E-state index is 12.8. The highest BCUT2D eigenvalue weighted by Crippen LogP contribution is 2.65. The zero-order valence-electron chi connectivity index (χ0n) is 14.8. The molecule has 2 fully saturated rings. The van der Waals surface area contributed by atoms with Gasteiger partial charge in [0.1, 0.15) is 11.9 Å². The molecule has 0 aromatic carbocycles. The van der Waals surface area contributed by atoms with Gasteiger partial charge in [0, 0.05) is 11.8 Å². The predicted octanol–water partition coefficient (Wildman–Crippen LogP) is 1.56. The monoisotopic (exact) mass is 340 g/mol. The van der Waals surface area contributed by atoms with Crippen LogP contribution in [-0.2, 0) is 33.4 Å². The van der Waals surface area contributed by atoms with Gasteiger partial charge < -0.3 is 14.2 Å². The number of hydrogen-bond acceptors (Lipinski definition) is 7. The minimum atomic E-state index is -1.37. The Labute approximate surface area is 141 Å². The highest BCUT2D eigenvalue weighted by molar-refractivity contribution is 5.94. The summed E-state index contributed by atoms with van der Waals surface area (Å²) in [6, 6.07) is 0. The fourth-order valence-electron chi connectivity index (χ4n) is 3.69. The molecule has 1 aliphatic carbocycles. The molecule has 3 atom stereocenters. The van der Waals surface area contributed by atoms with Crippen LogP contribution in [0.4, 0.5) is 0 Å². The number of methoxy groups -OCH3 is 1. The van der Waals surface area contributed by atoms with Gasteiger partial charge in [-0.1, -0.05) is 13.8 Å². The molecule has 7 heteroatoms. The molecule has 0 unspecified atom stereocenters. The van der Waals surface area contributed by atoms with E-state index in [9.17, 15) is 19.2 Å². The summed E-state index contributed by atoms with van der Waals surface area (Å²) in [5.41, 5.74) is -2.85. The Hall–Kier alpha value is -1.92. The van der Waals surface area contributed by atoms with Crippen LogP contribution in [0, 0.1) is 10.8 Å². The van der Waals surface area contributed by atoms with Gasteiger partial charge >= 0.3 is 17.9 Å². The number of carbonyl (C=O) groups excluding carboxylic acids is 4. The van der Waals surface area contributed by atoms with Crippen LogP contribution < -0.4 is 0 Å². The number of fused-ring (bicyclic) bond motifs is 2. The van der Waals surface area contributed by atoms with Crippen molar-refractivity contribution in [3.8, 4) is 0 Å². The van der Waals surface area contributed by atoms with Crippen molar-refractivity contribution >= 4 is 23.7 Å². The Morgan fingerprint density at radius 1 is 1.17 bits per heavy atom. The SMILES string of the molecule is COC(=O)C[C@H](CC(C)=O)OC(=O)[C@@]12CC[C@@](C)(C(=O)O1)C2(C)C. The number of hydrogen-bond donors (Lipinski definition) is 0. The largest absolute Gasteiger partial charge is 0.469 e. The maximum absolute atomic E-state index is 12.8. The summed E-state index contributed by atoms with van der Waals surface area (Å²) >= 11 is 0. The molecule has 1 heterocycles. The van der Waals surface area contributed by atoms with E-state index in [1.807, 2.05) is 13.8 Å². The number of rotatable bonds is 6. The third-order valence-corrected chi connectivity index (χ3v) is 5.82. The Balaban J connectivity index is 2.22. The molecule has 7 nitrogen and oxygen atoms in total. The zero-order chi connectivity index (χ0) is 18.3. The van der Waals surface area contributed by atoms with Crippen molar-refractivity contribution in [3.63, 3.8) is 0 Å². The highest BCUT2D eigenvalue weighted by Gasteiger charge is 2.76. The van der Waals surface area contributed by atoms with E-state index in [1.165, 1.54) is 14.0 Å². The first-order valence-corrected chi connectivity index (χ1v) is 8.01. The van der Waals surface area contributed by atoms with Crippen LogP contribution in [-0.4, -0.2) is 42.5 Å². The van der Waals surface area contributed by atoms with Crippen molar-refractivity contribution in [2.24, 2.45) is 10.8 Å². The fraction of sp³-hybridized carbons (Fsp3) is 0.765. The lowest BCUT2D eigenvalue weighted by Gasteiger charge is -2.35. The van der Waals surface area contributed by atoms with Gasteiger partial charge in [-0.2, -0.15) is 0 Å². The van der Waals surface area contributed by atoms with Crippen LogP contribution >= 0.6 is 0 Å². The molecule has 1 saturated carbocycles. The first-order chi connectivity index (χ1) is 11.0. The minimum Gasteiger partial charge on any atom is -0.469 e. The number of Topliss-reactive ketones (excluding diaryl/α,β-unsaturated/α-hetero) is 1. The zero-order valence-corrected chi connectivity index (χ0v) is 14.8. The topological polar surface area (TPSA) is 96.0 Å². The summed E-state index contributed by atoms with van der Waals surface area (Å²) < 4.78 is 15.5. The number of esters is 3. The van der Waals surface area contributed by atoms with Gasteiger partial charge in [0.05, 0.1) is 18.9 Å². The summed E-state index contributed by atoms with van der Waals surface area (Å²) in [5.74, 6) is -1.90. The molecule has 0 radical (unpaired) electrons. The normalized spacial score (nSPS) is 31.3. The molecule has 2 bridgehead atoms. The molecule has 134 valence electrons. The van der Waals surface area contributed by atoms with E-state index in [0.29, 0.717) is 12.8 Å². The van der Waals surface area contributed by atoms with E-state index in [4.69, 9.17) is 9.47 Å². The maximum Gasteiger partial charge on any atom is 0.351 e. The van der Waals surface area contributed by atoms with Crippen LogP contribution in [0.1, 0.15) is 53.4 Å². The van der Waals surface area contributed by atoms with Crippen LogP contribution in [0.2, 0.25) is 0 Å². The Morgan fingerprint density at radius 2 is 1.79 bits per heavy atom. The van der Waals surface area contributed by atoms with E-state index in [2.05, 4.69) is 4.74 Å². The average Bonchev–Trinajstić information content (AvgIpc) is 2.76. The van der Waals surface area contributed by atoms with Crippen molar-refractivity contribution in [2.45, 2.75) is 65.1 Å². The molecule has 2 rings (SSSR count). The van der Waals surface area contributed by atoms with Crippen LogP contribution in [0.15, 0.2) is 0 Å². The van der Waals surface area contributed by atoms with E-state index < -0.39 is 40.4 Å². The van der Waals surface area contributed by atoms with Gasteiger partial charge in [0.25, 0.3) is 0 Å². The molecule has 0 spiro atoms. The van der Waals surface area contributed by atoms with Crippen molar-refractivity contribution in [3.05, 3.63) is 0 Å². The lowest BCUT2D eigenvalue weighted by molar-refractivity contribution is -0.188. The van der Waals surface area contributed by atoms with Gasteiger partial charge in [-0.25, -0.2) is 4.79 Å². The third-order valence-electron chi connectivity index (χ3n) is 5.82. The van der Waals surface area contributed by atoms with Gasteiger partial charge in [-0.15, -0.1) is 0 Å². The second kappa shape index (κ2) is 5.86. The first-order valence-electron chi connectivity index (χ1n) is 8.01. The van der Waals surface area contributed by atoms with Crippen LogP contribution in [0.25, 0.3) is 0 Å². The average molecular weight is 340 g/mol. The molecule has 0 aromatic heterocycles. The smallest absolute Gasteiger partial charge is 0.351 e. The molecule has 2 aliphatic rings. The van der Waals surface area contributed by atoms with Crippen molar-refractivity contribution in [2.75, 3.05) is 7.11 Å². The molecular formula is C17H24O7. The van der Waals surface area contributed by atoms with Crippen molar-refractivity contribution < 1.29 is 33.4 Å². The molecule has 1 aliphatic heterocycles. The van der Waals surface area contributed by atoms with Gasteiger partial charge in [-0.3, -0.25) is 14.4 Å². The van der Waals surface area contributed by atoms with E-state index in [0.717, 1.165) is 0 Å². The predicted molar refractivity (Wildman–Crippen MR) is 81.8 cm³/mol. The highest BCUT2D eigenvalue weighted by atomic mass is 16.6. The number of ketones is 1. The summed E-state index contributed by atoms with van der Waals surface area (Å²) in [4.78, 5) is 47.9. The van der Waals surface area contributed by atoms with Gasteiger partial charge in [-0.05, 0) is 26.7 Å². The van der Waals surface area contributed by atoms with Crippen molar-refractivity contribution in [1.82, 2.24) is 0 Å². The summed E-state index contributed by atoms with van der Waals surface area (Å²) in [6.07, 6.45) is -0.348. The van der Waals surface area contributed by atoms with Crippen LogP contribution in [0.3, 0.4) is 0 Å². The summed E-state index contributed by atoms with van der Waals surface area (Å²) in [5, 5.41) is 0. The third kappa shape index (κ3) is 2.50. The molecular weight excluding hydrogens is 316 g/mol. The van der Waals surface area contributed by atoms with E-state index in [1.54, 1.807) is 6.92 Å². The molecule has 0 aromatic rings. The summed E-state index contributed by atoms with van der Waals surface area (Å²) in [6.45, 7) is 6.76. The molecule has 0 amide bonds. The Kier molecular flexibility index (Phi) is 4.50. The minimum absolute atomic E-state index is 0.0947. The van der Waals surface area contributed by atoms with E-state index in [-0.39, 0.29) is 18.6 Å². The van der Waals surface area contributed by atoms with Gasteiger partial charge in [0.15, 0.2) is 0 Å². The van der Waals surface area contributed by atoms with E-state index >= 15 is 0 Å². The fourth-order valence-corrected chi connectivity index (χ4v) is 3.69. The second-order valence-electron chi connectivity index (χ2n) is 7.39. The second-order valence-corrected chi connectivity index (χ2v) is 7.39. The Bertz CT molecular complexity index is 594. The first kappa shape index (κ1) is 18.4. The molecule has 1 saturated heterocycles. The lowest BCUT2D eigenvalue weighted by atomic mass is 9.66. The van der Waals surface area contributed by atoms with Crippen LogP contribution in [0.5, 0.6) is 0 Å². The summed E-state index contributed by atoms with van der Waals surface area (Å²) in [7, 11) is 1.22. The lowest BCUT2D eigenvalue weighted by Crippen LogP contribution is -2.50. The number of carbonyl (C=O) groups is 4. The molecule has 24 heavy (non-hydrogen) atoms. The number of ether oxygens (including phenoxy) is 3. The van der Waals surface area contributed by atoms with Gasteiger partial charge in [0.2, 0.25) is 5.60 Å². The standard InChI is InChI=1S/C17H24O7/c1-10(18)8-11(9-12(19)22-5)23-14(21)17-7-6-16(4,13(20)24-17)15(17,2)3/h11H,6-9H2,1-5H3/t11-,16-,17+/m0/s1.